The normalized spacial score (nSPS) is 14.3. The number of piperidine rings is 1. The van der Waals surface area contributed by atoms with E-state index in [2.05, 4.69) is 20.4 Å². The molecule has 2 aromatic heterocycles. The molecule has 8 nitrogen and oxygen atoms in total. The Kier molecular flexibility index (Phi) is 6.17. The monoisotopic (exact) mass is 477 g/mol. The average molecular weight is 477 g/mol. The van der Waals surface area contributed by atoms with Crippen molar-refractivity contribution in [3.8, 4) is 11.3 Å². The number of carbonyl (C=O) groups is 2. The Morgan fingerprint density at radius 2 is 1.80 bits per heavy atom. The first-order chi connectivity index (χ1) is 17.0. The van der Waals surface area contributed by atoms with Gasteiger partial charge >= 0.3 is 0 Å². The van der Waals surface area contributed by atoms with Crippen molar-refractivity contribution in [3.05, 3.63) is 77.8 Å². The molecule has 1 aliphatic rings. The van der Waals surface area contributed by atoms with Crippen molar-refractivity contribution in [1.29, 1.82) is 0 Å². The molecule has 5 rings (SSSR count). The van der Waals surface area contributed by atoms with E-state index in [0.717, 1.165) is 30.5 Å². The van der Waals surface area contributed by atoms with Crippen LogP contribution in [0.1, 0.15) is 33.8 Å². The minimum absolute atomic E-state index is 0.00576. The number of fused-ring (bicyclic) bond motifs is 1. The van der Waals surface area contributed by atoms with Crippen LogP contribution in [0.2, 0.25) is 0 Å². The van der Waals surface area contributed by atoms with E-state index in [1.54, 1.807) is 4.90 Å². The Morgan fingerprint density at radius 3 is 2.57 bits per heavy atom. The van der Waals surface area contributed by atoms with E-state index >= 15 is 0 Å². The van der Waals surface area contributed by atoms with Crippen molar-refractivity contribution >= 4 is 22.8 Å². The number of para-hydroxylation sites is 2. The van der Waals surface area contributed by atoms with Crippen LogP contribution in [0.4, 0.5) is 8.78 Å². The number of aromatic nitrogens is 3. The lowest BCUT2D eigenvalue weighted by Gasteiger charge is -2.31. The van der Waals surface area contributed by atoms with Crippen LogP contribution in [0.5, 0.6) is 0 Å². The third-order valence-electron chi connectivity index (χ3n) is 6.06. The van der Waals surface area contributed by atoms with E-state index in [-0.39, 0.29) is 28.8 Å². The predicted molar refractivity (Wildman–Crippen MR) is 122 cm³/mol. The van der Waals surface area contributed by atoms with Crippen LogP contribution >= 0.6 is 0 Å². The fourth-order valence-corrected chi connectivity index (χ4v) is 4.09. The highest BCUT2D eigenvalue weighted by atomic mass is 19.1. The Morgan fingerprint density at radius 1 is 1.03 bits per heavy atom. The molecular weight excluding hydrogens is 456 g/mol. The molecule has 10 heteroatoms. The molecule has 2 amide bonds. The molecule has 0 spiro atoms. The van der Waals surface area contributed by atoms with Gasteiger partial charge in [-0.2, -0.15) is 0 Å². The van der Waals surface area contributed by atoms with Gasteiger partial charge in [0.2, 0.25) is 0 Å². The van der Waals surface area contributed by atoms with Gasteiger partial charge in [-0.25, -0.2) is 13.8 Å². The van der Waals surface area contributed by atoms with Gasteiger partial charge in [-0.05, 0) is 43.0 Å². The van der Waals surface area contributed by atoms with Crippen LogP contribution in [0.15, 0.2) is 59.3 Å². The molecule has 35 heavy (non-hydrogen) atoms. The van der Waals surface area contributed by atoms with E-state index in [1.165, 1.54) is 18.3 Å². The molecular formula is C25H21F2N5O3. The molecule has 3 heterocycles. The molecule has 0 saturated carbocycles. The third-order valence-corrected chi connectivity index (χ3v) is 6.06. The summed E-state index contributed by atoms with van der Waals surface area (Å²) >= 11 is 0. The predicted octanol–water partition coefficient (Wildman–Crippen LogP) is 3.85. The highest BCUT2D eigenvalue weighted by molar-refractivity contribution is 5.94. The summed E-state index contributed by atoms with van der Waals surface area (Å²) in [5, 5.41) is 6.51. The second-order valence-corrected chi connectivity index (χ2v) is 8.39. The number of amides is 2. The molecule has 2 aromatic carbocycles. The van der Waals surface area contributed by atoms with E-state index in [4.69, 9.17) is 4.52 Å². The molecule has 0 atom stereocenters. The number of hydrogen-bond acceptors (Lipinski definition) is 6. The van der Waals surface area contributed by atoms with Crippen LogP contribution in [-0.4, -0.2) is 51.5 Å². The van der Waals surface area contributed by atoms with Crippen LogP contribution in [-0.2, 0) is 0 Å². The number of nitrogens with zero attached hydrogens (tertiary/aromatic N) is 4. The van der Waals surface area contributed by atoms with Gasteiger partial charge in [0.15, 0.2) is 11.5 Å². The molecule has 178 valence electrons. The molecule has 1 aliphatic heterocycles. The summed E-state index contributed by atoms with van der Waals surface area (Å²) in [7, 11) is 0. The molecule has 0 bridgehead atoms. The first-order valence-electron chi connectivity index (χ1n) is 11.2. The summed E-state index contributed by atoms with van der Waals surface area (Å²) in [4.78, 5) is 35.8. The smallest absolute Gasteiger partial charge is 0.274 e. The van der Waals surface area contributed by atoms with E-state index in [9.17, 15) is 18.4 Å². The maximum atomic E-state index is 13.9. The van der Waals surface area contributed by atoms with E-state index in [0.29, 0.717) is 30.8 Å². The molecule has 1 fully saturated rings. The lowest BCUT2D eigenvalue weighted by Crippen LogP contribution is -2.41. The number of hydrogen-bond donors (Lipinski definition) is 1. The van der Waals surface area contributed by atoms with Crippen molar-refractivity contribution in [3.63, 3.8) is 0 Å². The second-order valence-electron chi connectivity index (χ2n) is 8.39. The standard InChI is InChI=1S/C25H21F2N5O3/c26-16-5-6-17(18(27)11-16)23-12-21(31-35-23)24(33)29-13-15-7-9-32(10-8-15)25(34)22-14-28-19-3-1-2-4-20(19)30-22/h1-6,11-12,14-15H,7-10,13H2,(H,29,33). The Bertz CT molecular complexity index is 1400. The minimum atomic E-state index is -0.802. The first kappa shape index (κ1) is 22.6. The van der Waals surface area contributed by atoms with Gasteiger partial charge in [0.05, 0.1) is 22.8 Å². The Balaban J connectivity index is 1.13. The van der Waals surface area contributed by atoms with Crippen LogP contribution in [0.3, 0.4) is 0 Å². The number of carbonyl (C=O) groups excluding carboxylic acids is 2. The van der Waals surface area contributed by atoms with E-state index in [1.807, 2.05) is 24.3 Å². The number of rotatable bonds is 5. The SMILES string of the molecule is O=C(NCC1CCN(C(=O)c2cnc3ccccc3n2)CC1)c1cc(-c2ccc(F)cc2F)on1. The summed E-state index contributed by atoms with van der Waals surface area (Å²) < 4.78 is 32.1. The molecule has 1 saturated heterocycles. The lowest BCUT2D eigenvalue weighted by molar-refractivity contribution is 0.0678. The highest BCUT2D eigenvalue weighted by Gasteiger charge is 2.25. The number of benzene rings is 2. The summed E-state index contributed by atoms with van der Waals surface area (Å²) in [6, 6.07) is 11.8. The molecule has 1 N–H and O–H groups in total. The van der Waals surface area contributed by atoms with Gasteiger partial charge in [0.25, 0.3) is 11.8 Å². The van der Waals surface area contributed by atoms with Crippen molar-refractivity contribution in [2.45, 2.75) is 12.8 Å². The first-order valence-corrected chi connectivity index (χ1v) is 11.2. The van der Waals surface area contributed by atoms with Gasteiger partial charge in [0.1, 0.15) is 17.3 Å². The lowest BCUT2D eigenvalue weighted by atomic mass is 9.96. The zero-order chi connectivity index (χ0) is 24.4. The van der Waals surface area contributed by atoms with Gasteiger partial charge in [-0.1, -0.05) is 17.3 Å². The van der Waals surface area contributed by atoms with Crippen LogP contribution in [0.25, 0.3) is 22.4 Å². The zero-order valence-corrected chi connectivity index (χ0v) is 18.6. The van der Waals surface area contributed by atoms with Crippen molar-refractivity contribution < 1.29 is 22.9 Å². The highest BCUT2D eigenvalue weighted by Crippen LogP contribution is 2.24. The van der Waals surface area contributed by atoms with Crippen molar-refractivity contribution in [2.24, 2.45) is 5.92 Å². The molecule has 4 aromatic rings. The van der Waals surface area contributed by atoms with Crippen LogP contribution < -0.4 is 5.32 Å². The number of halogens is 2. The summed E-state index contributed by atoms with van der Waals surface area (Å²) in [5.74, 6) is -1.89. The summed E-state index contributed by atoms with van der Waals surface area (Å²) in [6.45, 7) is 1.50. The Labute approximate surface area is 199 Å². The fourth-order valence-electron chi connectivity index (χ4n) is 4.09. The average Bonchev–Trinajstić information content (AvgIpc) is 3.37. The van der Waals surface area contributed by atoms with Crippen LogP contribution in [0, 0.1) is 17.6 Å². The number of likely N-dealkylation sites (tertiary alicyclic amines) is 1. The number of nitrogens with one attached hydrogen (secondary N) is 1. The zero-order valence-electron chi connectivity index (χ0n) is 18.6. The Hall–Kier alpha value is -4.21. The van der Waals surface area contributed by atoms with Crippen molar-refractivity contribution in [2.75, 3.05) is 19.6 Å². The third kappa shape index (κ3) is 4.86. The molecule has 0 aliphatic carbocycles. The second kappa shape index (κ2) is 9.57. The van der Waals surface area contributed by atoms with E-state index < -0.39 is 17.5 Å². The van der Waals surface area contributed by atoms with Gasteiger partial charge in [-0.3, -0.25) is 14.6 Å². The largest absolute Gasteiger partial charge is 0.355 e. The topological polar surface area (TPSA) is 101 Å². The maximum absolute atomic E-state index is 13.9. The van der Waals surface area contributed by atoms with Crippen molar-refractivity contribution in [1.82, 2.24) is 25.3 Å². The quantitative estimate of drug-likeness (QED) is 0.469. The minimum Gasteiger partial charge on any atom is -0.355 e. The fraction of sp³-hybridized carbons (Fsp3) is 0.240. The van der Waals surface area contributed by atoms with Gasteiger partial charge < -0.3 is 14.7 Å². The summed E-state index contributed by atoms with van der Waals surface area (Å²) in [5.41, 5.74) is 1.75. The molecule has 0 radical (unpaired) electrons. The maximum Gasteiger partial charge on any atom is 0.274 e. The molecule has 0 unspecified atom stereocenters. The van der Waals surface area contributed by atoms with Gasteiger partial charge in [0, 0.05) is 31.8 Å². The van der Waals surface area contributed by atoms with Gasteiger partial charge in [-0.15, -0.1) is 0 Å². The summed E-state index contributed by atoms with van der Waals surface area (Å²) in [6.07, 6.45) is 2.94.